The maximum absolute atomic E-state index is 13.0. The van der Waals surface area contributed by atoms with Gasteiger partial charge in [0, 0.05) is 42.2 Å². The number of nitrogens with two attached hydrogens (primary N) is 1. The zero-order chi connectivity index (χ0) is 31.1. The van der Waals surface area contributed by atoms with E-state index in [1.54, 1.807) is 4.68 Å². The van der Waals surface area contributed by atoms with Gasteiger partial charge in [0.05, 0.1) is 36.7 Å². The summed E-state index contributed by atoms with van der Waals surface area (Å²) < 4.78 is 17.4. The molecule has 45 heavy (non-hydrogen) atoms. The lowest BCUT2D eigenvalue weighted by Crippen LogP contribution is -2.40. The molecule has 1 atom stereocenters. The molecule has 1 unspecified atom stereocenters. The van der Waals surface area contributed by atoms with Crippen molar-refractivity contribution in [3.63, 3.8) is 0 Å². The summed E-state index contributed by atoms with van der Waals surface area (Å²) >= 11 is 0. The summed E-state index contributed by atoms with van der Waals surface area (Å²) in [6.07, 6.45) is 14.1. The molecule has 1 aliphatic heterocycles. The zero-order valence-corrected chi connectivity index (χ0v) is 26.2. The van der Waals surface area contributed by atoms with Crippen molar-refractivity contribution < 1.29 is 14.3 Å². The SMILES string of the molecule is CC(C)(C)OC(=O)N(Cc1ccc2nc(Cn3cc(-c4cc(N)cc5c4cnn5C4CCCCO4)nn3)cn2c1)CC1CCC1. The van der Waals surface area contributed by atoms with Crippen LogP contribution in [0.25, 0.3) is 27.8 Å². The van der Waals surface area contributed by atoms with Crippen molar-refractivity contribution in [1.29, 1.82) is 0 Å². The van der Waals surface area contributed by atoms with E-state index in [-0.39, 0.29) is 12.3 Å². The normalized spacial score (nSPS) is 17.5. The molecule has 0 bridgehead atoms. The molecule has 7 rings (SSSR count). The number of hydrogen-bond acceptors (Lipinski definition) is 8. The maximum Gasteiger partial charge on any atom is 0.410 e. The van der Waals surface area contributed by atoms with Crippen LogP contribution in [-0.2, 0) is 22.6 Å². The molecule has 236 valence electrons. The Labute approximate surface area is 262 Å². The van der Waals surface area contributed by atoms with E-state index in [2.05, 4.69) is 15.4 Å². The molecular formula is C33H41N9O3. The lowest BCUT2D eigenvalue weighted by Gasteiger charge is -2.33. The summed E-state index contributed by atoms with van der Waals surface area (Å²) in [5.74, 6) is 0.541. The van der Waals surface area contributed by atoms with Gasteiger partial charge in [0.15, 0.2) is 6.23 Å². The number of anilines is 1. The van der Waals surface area contributed by atoms with Gasteiger partial charge in [0.25, 0.3) is 0 Å². The van der Waals surface area contributed by atoms with Crippen LogP contribution in [0.4, 0.5) is 10.5 Å². The molecule has 12 heteroatoms. The summed E-state index contributed by atoms with van der Waals surface area (Å²) in [6.45, 7) is 8.11. The van der Waals surface area contributed by atoms with Crippen LogP contribution in [0.1, 0.15) is 76.8 Å². The molecular weight excluding hydrogens is 570 g/mol. The minimum Gasteiger partial charge on any atom is -0.444 e. The summed E-state index contributed by atoms with van der Waals surface area (Å²) in [5.41, 5.74) is 11.7. The van der Waals surface area contributed by atoms with E-state index in [0.717, 1.165) is 77.8 Å². The third kappa shape index (κ3) is 6.37. The molecule has 4 aromatic heterocycles. The Bertz CT molecular complexity index is 1820. The molecule has 1 amide bonds. The van der Waals surface area contributed by atoms with Crippen molar-refractivity contribution >= 4 is 28.3 Å². The molecule has 1 saturated carbocycles. The standard InChI is InChI=1S/C33H41N9O3/c1-33(2,3)45-32(43)40(16-22-7-6-8-22)18-23-10-11-30-36-25(19-39(30)17-23)20-41-21-28(37-38-41)26-13-24(34)14-29-27(26)15-35-42(29)31-9-4-5-12-44-31/h10-11,13-15,17,19,21-22,31H,4-9,12,16,18,20,34H2,1-3H3. The molecule has 0 radical (unpaired) electrons. The quantitative estimate of drug-likeness (QED) is 0.218. The first-order valence-corrected chi connectivity index (χ1v) is 15.9. The first-order chi connectivity index (χ1) is 21.7. The fourth-order valence-electron chi connectivity index (χ4n) is 6.19. The van der Waals surface area contributed by atoms with Crippen LogP contribution in [-0.4, -0.2) is 63.9 Å². The number of carbonyl (C=O) groups is 1. The van der Waals surface area contributed by atoms with Crippen molar-refractivity contribution in [3.05, 3.63) is 60.3 Å². The fourth-order valence-corrected chi connectivity index (χ4v) is 6.19. The van der Waals surface area contributed by atoms with E-state index in [9.17, 15) is 4.79 Å². The first kappa shape index (κ1) is 29.3. The van der Waals surface area contributed by atoms with Gasteiger partial charge < -0.3 is 24.5 Å². The molecule has 0 spiro atoms. The number of rotatable bonds is 8. The number of nitrogen functional groups attached to an aromatic ring is 1. The Morgan fingerprint density at radius 1 is 1.11 bits per heavy atom. The van der Waals surface area contributed by atoms with Crippen LogP contribution < -0.4 is 5.73 Å². The number of nitrogens with zero attached hydrogens (tertiary/aromatic N) is 8. The molecule has 2 aliphatic rings. The van der Waals surface area contributed by atoms with Gasteiger partial charge in [-0.15, -0.1) is 5.10 Å². The number of hydrogen-bond donors (Lipinski definition) is 1. The van der Waals surface area contributed by atoms with Gasteiger partial charge in [-0.1, -0.05) is 17.7 Å². The monoisotopic (exact) mass is 611 g/mol. The Morgan fingerprint density at radius 2 is 1.98 bits per heavy atom. The molecule has 1 aliphatic carbocycles. The van der Waals surface area contributed by atoms with Crippen LogP contribution in [0.3, 0.4) is 0 Å². The van der Waals surface area contributed by atoms with Gasteiger partial charge in [0.1, 0.15) is 16.9 Å². The highest BCUT2D eigenvalue weighted by molar-refractivity contribution is 5.96. The Hall–Kier alpha value is -4.45. The second-order valence-electron chi connectivity index (χ2n) is 13.4. The van der Waals surface area contributed by atoms with Crippen LogP contribution in [0.2, 0.25) is 0 Å². The van der Waals surface area contributed by atoms with E-state index in [0.29, 0.717) is 31.2 Å². The highest BCUT2D eigenvalue weighted by atomic mass is 16.6. The highest BCUT2D eigenvalue weighted by Crippen LogP contribution is 2.33. The average Bonchev–Trinajstić information content (AvgIpc) is 3.71. The van der Waals surface area contributed by atoms with Crippen molar-refractivity contribution in [1.82, 2.24) is 39.1 Å². The van der Waals surface area contributed by atoms with E-state index in [1.807, 2.05) is 83.8 Å². The van der Waals surface area contributed by atoms with Gasteiger partial charge in [0.2, 0.25) is 0 Å². The third-order valence-corrected chi connectivity index (χ3v) is 8.60. The minimum atomic E-state index is -0.537. The molecule has 5 aromatic rings. The van der Waals surface area contributed by atoms with Crippen LogP contribution in [0.5, 0.6) is 0 Å². The number of pyridine rings is 1. The van der Waals surface area contributed by atoms with Crippen LogP contribution >= 0.6 is 0 Å². The van der Waals surface area contributed by atoms with Crippen LogP contribution in [0.15, 0.2) is 49.1 Å². The number of imidazole rings is 1. The number of ether oxygens (including phenoxy) is 2. The lowest BCUT2D eigenvalue weighted by atomic mass is 9.85. The topological polar surface area (TPSA) is 131 Å². The molecule has 5 heterocycles. The van der Waals surface area contributed by atoms with E-state index >= 15 is 0 Å². The molecule has 1 aromatic carbocycles. The van der Waals surface area contributed by atoms with Crippen LogP contribution in [0, 0.1) is 5.92 Å². The van der Waals surface area contributed by atoms with Gasteiger partial charge in [-0.3, -0.25) is 0 Å². The van der Waals surface area contributed by atoms with Crippen molar-refractivity contribution in [2.24, 2.45) is 5.92 Å². The number of aromatic nitrogens is 7. The van der Waals surface area contributed by atoms with Crippen molar-refractivity contribution in [3.8, 4) is 11.3 Å². The second kappa shape index (κ2) is 11.8. The fraction of sp³-hybridized carbons (Fsp3) is 0.485. The van der Waals surface area contributed by atoms with Gasteiger partial charge >= 0.3 is 6.09 Å². The summed E-state index contributed by atoms with van der Waals surface area (Å²) in [6, 6.07) is 7.88. The van der Waals surface area contributed by atoms with Gasteiger partial charge in [-0.2, -0.15) is 5.10 Å². The second-order valence-corrected chi connectivity index (χ2v) is 13.4. The van der Waals surface area contributed by atoms with Gasteiger partial charge in [-0.25, -0.2) is 19.1 Å². The Kier molecular flexibility index (Phi) is 7.68. The number of benzene rings is 1. The third-order valence-electron chi connectivity index (χ3n) is 8.60. The van der Waals surface area contributed by atoms with E-state index in [1.165, 1.54) is 6.42 Å². The zero-order valence-electron chi connectivity index (χ0n) is 26.2. The smallest absolute Gasteiger partial charge is 0.410 e. The Balaban J connectivity index is 1.08. The van der Waals surface area contributed by atoms with E-state index < -0.39 is 5.60 Å². The minimum absolute atomic E-state index is 0.0831. The Morgan fingerprint density at radius 3 is 2.73 bits per heavy atom. The predicted octanol–water partition coefficient (Wildman–Crippen LogP) is 5.81. The molecule has 2 fully saturated rings. The number of fused-ring (bicyclic) bond motifs is 2. The van der Waals surface area contributed by atoms with Crippen molar-refractivity contribution in [2.75, 3.05) is 18.9 Å². The maximum atomic E-state index is 13.0. The number of carbonyl (C=O) groups excluding carboxylic acids is 1. The number of amides is 1. The highest BCUT2D eigenvalue weighted by Gasteiger charge is 2.28. The summed E-state index contributed by atoms with van der Waals surface area (Å²) in [4.78, 5) is 19.7. The van der Waals surface area contributed by atoms with Crippen molar-refractivity contribution in [2.45, 2.75) is 84.2 Å². The lowest BCUT2D eigenvalue weighted by molar-refractivity contribution is -0.0366. The molecule has 2 N–H and O–H groups in total. The predicted molar refractivity (Wildman–Crippen MR) is 170 cm³/mol. The summed E-state index contributed by atoms with van der Waals surface area (Å²) in [5, 5.41) is 14.5. The van der Waals surface area contributed by atoms with E-state index in [4.69, 9.17) is 20.2 Å². The molecule has 1 saturated heterocycles. The molecule has 12 nitrogen and oxygen atoms in total. The largest absolute Gasteiger partial charge is 0.444 e. The first-order valence-electron chi connectivity index (χ1n) is 15.9. The summed E-state index contributed by atoms with van der Waals surface area (Å²) in [7, 11) is 0. The van der Waals surface area contributed by atoms with Gasteiger partial charge in [-0.05, 0) is 82.6 Å². The average molecular weight is 612 g/mol.